The number of rotatable bonds is 9. The van der Waals surface area contributed by atoms with Gasteiger partial charge in [-0.3, -0.25) is 9.69 Å². The van der Waals surface area contributed by atoms with Crippen molar-refractivity contribution in [1.82, 2.24) is 15.1 Å². The summed E-state index contributed by atoms with van der Waals surface area (Å²) in [5.74, 6) is 0.596. The fraction of sp³-hybridized carbons (Fsp3) is 0.367. The number of amides is 1. The highest BCUT2D eigenvalue weighted by molar-refractivity contribution is 5.94. The van der Waals surface area contributed by atoms with Gasteiger partial charge in [-0.25, -0.2) is 0 Å². The van der Waals surface area contributed by atoms with E-state index in [1.54, 1.807) is 12.1 Å². The number of nitrogens with zero attached hydrogens (tertiary/aromatic N) is 2. The molecular formula is C30H34F3N3O2. The molecule has 1 aliphatic rings. The molecule has 4 rings (SSSR count). The minimum atomic E-state index is -4.33. The van der Waals surface area contributed by atoms with Gasteiger partial charge in [0.05, 0.1) is 5.56 Å². The number of likely N-dealkylation sites (N-methyl/N-ethyl adjacent to an activating group) is 1. The maximum absolute atomic E-state index is 12.9. The van der Waals surface area contributed by atoms with Crippen LogP contribution in [0.2, 0.25) is 0 Å². The number of ether oxygens (including phenoxy) is 1. The second-order valence-corrected chi connectivity index (χ2v) is 9.96. The first-order valence-electron chi connectivity index (χ1n) is 12.9. The van der Waals surface area contributed by atoms with Crippen LogP contribution in [0, 0.1) is 0 Å². The van der Waals surface area contributed by atoms with Crippen LogP contribution in [0.1, 0.15) is 34.3 Å². The predicted octanol–water partition coefficient (Wildman–Crippen LogP) is 5.71. The normalized spacial score (nSPS) is 15.0. The average Bonchev–Trinajstić information content (AvgIpc) is 2.89. The van der Waals surface area contributed by atoms with Crippen LogP contribution >= 0.6 is 0 Å². The molecule has 1 N–H and O–H groups in total. The van der Waals surface area contributed by atoms with Crippen molar-refractivity contribution in [2.24, 2.45) is 0 Å². The molecule has 38 heavy (non-hydrogen) atoms. The van der Waals surface area contributed by atoms with E-state index in [2.05, 4.69) is 10.2 Å². The van der Waals surface area contributed by atoms with Gasteiger partial charge in [0.1, 0.15) is 11.9 Å². The Hall–Kier alpha value is -3.36. The third-order valence-corrected chi connectivity index (χ3v) is 6.66. The van der Waals surface area contributed by atoms with Crippen molar-refractivity contribution < 1.29 is 22.7 Å². The molecule has 1 saturated heterocycles. The van der Waals surface area contributed by atoms with Gasteiger partial charge in [0.25, 0.3) is 5.91 Å². The zero-order valence-corrected chi connectivity index (χ0v) is 21.8. The monoisotopic (exact) mass is 525 g/mol. The topological polar surface area (TPSA) is 44.8 Å². The summed E-state index contributed by atoms with van der Waals surface area (Å²) in [5, 5.41) is 2.92. The molecule has 0 saturated carbocycles. The molecule has 202 valence electrons. The van der Waals surface area contributed by atoms with Gasteiger partial charge < -0.3 is 15.0 Å². The van der Waals surface area contributed by atoms with E-state index in [-0.39, 0.29) is 12.0 Å². The Morgan fingerprint density at radius 2 is 1.68 bits per heavy atom. The van der Waals surface area contributed by atoms with Crippen LogP contribution in [-0.2, 0) is 12.7 Å². The van der Waals surface area contributed by atoms with Crippen LogP contribution in [0.3, 0.4) is 0 Å². The quantitative estimate of drug-likeness (QED) is 0.389. The molecule has 0 spiro atoms. The van der Waals surface area contributed by atoms with Crippen LogP contribution in [-0.4, -0.2) is 62.1 Å². The van der Waals surface area contributed by atoms with E-state index < -0.39 is 11.7 Å². The largest absolute Gasteiger partial charge is 0.490 e. The smallest absolute Gasteiger partial charge is 0.416 e. The number of hydrogen-bond donors (Lipinski definition) is 1. The molecule has 0 unspecified atom stereocenters. The first kappa shape index (κ1) is 27.7. The molecule has 3 aromatic carbocycles. The number of hydrogen-bond acceptors (Lipinski definition) is 4. The highest BCUT2D eigenvalue weighted by Crippen LogP contribution is 2.31. The molecule has 3 aromatic rings. The summed E-state index contributed by atoms with van der Waals surface area (Å²) < 4.78 is 44.8. The molecular weight excluding hydrogens is 491 g/mol. The lowest BCUT2D eigenvalue weighted by Gasteiger charge is -2.32. The Morgan fingerprint density at radius 3 is 2.37 bits per heavy atom. The SMILES string of the molecule is CN(C)CCNC(=O)c1cccc(OC2CCN(Cc3cccc(-c4ccc(C(F)(F)F)cc4)c3)CC2)c1. The van der Waals surface area contributed by atoms with E-state index in [0.29, 0.717) is 17.9 Å². The summed E-state index contributed by atoms with van der Waals surface area (Å²) in [6, 6.07) is 20.6. The Kier molecular flexibility index (Phi) is 9.07. The molecule has 1 fully saturated rings. The lowest BCUT2D eigenvalue weighted by Crippen LogP contribution is -2.37. The maximum Gasteiger partial charge on any atom is 0.416 e. The van der Waals surface area contributed by atoms with E-state index >= 15 is 0 Å². The fourth-order valence-corrected chi connectivity index (χ4v) is 4.54. The van der Waals surface area contributed by atoms with E-state index in [0.717, 1.165) is 67.8 Å². The minimum Gasteiger partial charge on any atom is -0.490 e. The molecule has 8 heteroatoms. The van der Waals surface area contributed by atoms with Crippen molar-refractivity contribution in [3.05, 3.63) is 89.5 Å². The first-order valence-corrected chi connectivity index (χ1v) is 12.9. The second-order valence-electron chi connectivity index (χ2n) is 9.96. The summed E-state index contributed by atoms with van der Waals surface area (Å²) in [5.41, 5.74) is 2.74. The third kappa shape index (κ3) is 7.82. The van der Waals surface area contributed by atoms with Crippen molar-refractivity contribution in [2.75, 3.05) is 40.3 Å². The zero-order chi connectivity index (χ0) is 27.1. The van der Waals surface area contributed by atoms with Crippen molar-refractivity contribution in [3.8, 4) is 16.9 Å². The molecule has 1 amide bonds. The molecule has 0 aromatic heterocycles. The Morgan fingerprint density at radius 1 is 0.974 bits per heavy atom. The summed E-state index contributed by atoms with van der Waals surface area (Å²) in [7, 11) is 3.93. The Labute approximate surface area is 222 Å². The van der Waals surface area contributed by atoms with Crippen LogP contribution in [0.4, 0.5) is 13.2 Å². The highest BCUT2D eigenvalue weighted by Gasteiger charge is 2.30. The van der Waals surface area contributed by atoms with Gasteiger partial charge >= 0.3 is 6.18 Å². The molecule has 1 heterocycles. The van der Waals surface area contributed by atoms with Gasteiger partial charge in [0, 0.05) is 38.3 Å². The van der Waals surface area contributed by atoms with Crippen LogP contribution < -0.4 is 10.1 Å². The van der Waals surface area contributed by atoms with Gasteiger partial charge in [0.2, 0.25) is 0 Å². The van der Waals surface area contributed by atoms with E-state index in [1.165, 1.54) is 12.1 Å². The van der Waals surface area contributed by atoms with Crippen LogP contribution in [0.5, 0.6) is 5.75 Å². The number of likely N-dealkylation sites (tertiary alicyclic amines) is 1. The molecule has 0 bridgehead atoms. The number of carbonyl (C=O) groups excluding carboxylic acids is 1. The Balaban J connectivity index is 1.28. The number of halogens is 3. The van der Waals surface area contributed by atoms with Crippen LogP contribution in [0.15, 0.2) is 72.8 Å². The predicted molar refractivity (Wildman–Crippen MR) is 143 cm³/mol. The van der Waals surface area contributed by atoms with E-state index in [4.69, 9.17) is 4.74 Å². The van der Waals surface area contributed by atoms with Crippen molar-refractivity contribution >= 4 is 5.91 Å². The summed E-state index contributed by atoms with van der Waals surface area (Å²) in [6.45, 7) is 3.88. The van der Waals surface area contributed by atoms with E-state index in [9.17, 15) is 18.0 Å². The number of alkyl halides is 3. The Bertz CT molecular complexity index is 1200. The first-order chi connectivity index (χ1) is 18.2. The summed E-state index contributed by atoms with van der Waals surface area (Å²) in [4.78, 5) is 16.8. The van der Waals surface area contributed by atoms with Gasteiger partial charge in [-0.2, -0.15) is 13.2 Å². The van der Waals surface area contributed by atoms with Gasteiger partial charge in [-0.15, -0.1) is 0 Å². The number of benzene rings is 3. The van der Waals surface area contributed by atoms with E-state index in [1.807, 2.05) is 55.4 Å². The summed E-state index contributed by atoms with van der Waals surface area (Å²) >= 11 is 0. The molecule has 0 atom stereocenters. The van der Waals surface area contributed by atoms with Crippen molar-refractivity contribution in [2.45, 2.75) is 31.7 Å². The third-order valence-electron chi connectivity index (χ3n) is 6.66. The number of carbonyl (C=O) groups is 1. The van der Waals surface area contributed by atoms with Crippen molar-refractivity contribution in [3.63, 3.8) is 0 Å². The summed E-state index contributed by atoms with van der Waals surface area (Å²) in [6.07, 6.45) is -2.51. The molecule has 0 aliphatic carbocycles. The average molecular weight is 526 g/mol. The lowest BCUT2D eigenvalue weighted by atomic mass is 10.0. The lowest BCUT2D eigenvalue weighted by molar-refractivity contribution is -0.137. The minimum absolute atomic E-state index is 0.0804. The number of piperidine rings is 1. The van der Waals surface area contributed by atoms with Gasteiger partial charge in [0.15, 0.2) is 0 Å². The zero-order valence-electron chi connectivity index (χ0n) is 21.8. The van der Waals surface area contributed by atoms with Crippen LogP contribution in [0.25, 0.3) is 11.1 Å². The van der Waals surface area contributed by atoms with Gasteiger partial charge in [-0.1, -0.05) is 36.4 Å². The fourth-order valence-electron chi connectivity index (χ4n) is 4.54. The molecule has 0 radical (unpaired) electrons. The highest BCUT2D eigenvalue weighted by atomic mass is 19.4. The molecule has 1 aliphatic heterocycles. The second kappa shape index (κ2) is 12.5. The van der Waals surface area contributed by atoms with Crippen molar-refractivity contribution in [1.29, 1.82) is 0 Å². The standard InChI is InChI=1S/C30H34F3N3O2/c1-35(2)18-15-34-29(37)25-7-4-8-28(20-25)38-27-13-16-36(17-14-27)21-22-5-3-6-24(19-22)23-9-11-26(12-10-23)30(31,32)33/h3-12,19-20,27H,13-18,21H2,1-2H3,(H,34,37). The maximum atomic E-state index is 12.9. The van der Waals surface area contributed by atoms with Gasteiger partial charge in [-0.05, 0) is 80.0 Å². The number of nitrogens with one attached hydrogen (secondary N) is 1. The molecule has 5 nitrogen and oxygen atoms in total.